The predicted molar refractivity (Wildman–Crippen MR) is 94.1 cm³/mol. The summed E-state index contributed by atoms with van der Waals surface area (Å²) in [5.41, 5.74) is -1.66. The first-order chi connectivity index (χ1) is 12.6. The monoisotopic (exact) mass is 428 g/mol. The van der Waals surface area contributed by atoms with Crippen molar-refractivity contribution >= 4 is 11.6 Å². The van der Waals surface area contributed by atoms with Crippen LogP contribution in [0.15, 0.2) is 34.9 Å². The van der Waals surface area contributed by atoms with E-state index in [2.05, 4.69) is 0 Å². The first-order valence-corrected chi connectivity index (χ1v) is 8.92. The lowest BCUT2D eigenvalue weighted by Crippen LogP contribution is -2.22. The molecule has 8 heteroatoms. The van der Waals surface area contributed by atoms with Crippen molar-refractivity contribution in [1.29, 1.82) is 0 Å². The van der Waals surface area contributed by atoms with Crippen LogP contribution in [0.25, 0.3) is 0 Å². The number of benzene rings is 1. The highest BCUT2D eigenvalue weighted by atomic mass is 35.5. The third-order valence-electron chi connectivity index (χ3n) is 5.15. The second-order valence-corrected chi connectivity index (χ2v) is 8.25. The van der Waals surface area contributed by atoms with E-state index in [1.54, 1.807) is 19.9 Å². The molecule has 0 saturated heterocycles. The van der Waals surface area contributed by atoms with E-state index in [1.165, 1.54) is 13.8 Å². The minimum atomic E-state index is -4.86. The van der Waals surface area contributed by atoms with Gasteiger partial charge in [0.2, 0.25) is 0 Å². The highest BCUT2D eigenvalue weighted by Gasteiger charge is 2.69. The number of halogens is 8. The Labute approximate surface area is 164 Å². The third kappa shape index (κ3) is 4.24. The summed E-state index contributed by atoms with van der Waals surface area (Å²) >= 11 is 5.17. The Bertz CT molecular complexity index is 815. The molecule has 0 amide bonds. The molecule has 1 aromatic carbocycles. The highest BCUT2D eigenvalue weighted by Crippen LogP contribution is 2.68. The Morgan fingerprint density at radius 1 is 1.07 bits per heavy atom. The van der Waals surface area contributed by atoms with Crippen LogP contribution in [-0.2, 0) is 12.3 Å². The second-order valence-electron chi connectivity index (χ2n) is 7.85. The predicted octanol–water partition coefficient (Wildman–Crippen LogP) is 7.52. The topological polar surface area (TPSA) is 0 Å². The Morgan fingerprint density at radius 2 is 1.64 bits per heavy atom. The van der Waals surface area contributed by atoms with Crippen molar-refractivity contribution in [3.8, 4) is 0 Å². The van der Waals surface area contributed by atoms with Crippen molar-refractivity contribution in [2.45, 2.75) is 46.2 Å². The molecular weight excluding hydrogens is 409 g/mol. The molecule has 2 rings (SSSR count). The van der Waals surface area contributed by atoms with E-state index in [4.69, 9.17) is 11.6 Å². The van der Waals surface area contributed by atoms with Crippen molar-refractivity contribution in [2.24, 2.45) is 17.3 Å². The van der Waals surface area contributed by atoms with E-state index in [1.807, 2.05) is 0 Å². The van der Waals surface area contributed by atoms with Crippen LogP contribution in [-0.4, -0.2) is 6.18 Å². The molecule has 0 heterocycles. The second kappa shape index (κ2) is 7.39. The average molecular weight is 429 g/mol. The highest BCUT2D eigenvalue weighted by molar-refractivity contribution is 6.30. The third-order valence-corrected chi connectivity index (χ3v) is 5.49. The van der Waals surface area contributed by atoms with Gasteiger partial charge in [-0.1, -0.05) is 49.2 Å². The maximum absolute atomic E-state index is 14.9. The first-order valence-electron chi connectivity index (χ1n) is 8.54. The van der Waals surface area contributed by atoms with E-state index in [0.717, 1.165) is 17.7 Å². The van der Waals surface area contributed by atoms with Crippen LogP contribution in [0.3, 0.4) is 0 Å². The summed E-state index contributed by atoms with van der Waals surface area (Å²) in [5, 5.41) is -1.51. The molecule has 0 spiro atoms. The number of hydrogen-bond donors (Lipinski definition) is 0. The minimum Gasteiger partial charge on any atom is -0.203 e. The van der Waals surface area contributed by atoms with E-state index >= 15 is 0 Å². The molecule has 0 aliphatic heterocycles. The van der Waals surface area contributed by atoms with E-state index in [0.29, 0.717) is 6.08 Å². The molecule has 1 fully saturated rings. The molecule has 1 saturated carbocycles. The van der Waals surface area contributed by atoms with Crippen LogP contribution in [0.5, 0.6) is 0 Å². The first kappa shape index (κ1) is 22.8. The Kier molecular flexibility index (Phi) is 6.02. The van der Waals surface area contributed by atoms with Gasteiger partial charge in [-0.3, -0.25) is 0 Å². The smallest absolute Gasteiger partial charge is 0.203 e. The van der Waals surface area contributed by atoms with Crippen LogP contribution < -0.4 is 0 Å². The molecule has 0 nitrogen and oxygen atoms in total. The Balaban J connectivity index is 2.40. The van der Waals surface area contributed by atoms with E-state index < -0.39 is 51.6 Å². The van der Waals surface area contributed by atoms with Crippen molar-refractivity contribution in [1.82, 2.24) is 0 Å². The van der Waals surface area contributed by atoms with Crippen LogP contribution in [0.2, 0.25) is 0 Å². The van der Waals surface area contributed by atoms with Crippen molar-refractivity contribution in [2.75, 3.05) is 0 Å². The lowest BCUT2D eigenvalue weighted by Gasteiger charge is -2.20. The normalized spacial score (nSPS) is 22.2. The summed E-state index contributed by atoms with van der Waals surface area (Å²) < 4.78 is 96.4. The van der Waals surface area contributed by atoms with Gasteiger partial charge in [-0.15, -0.1) is 0 Å². The van der Waals surface area contributed by atoms with Gasteiger partial charge in [-0.25, -0.2) is 17.6 Å². The fraction of sp³-hybridized carbons (Fsp3) is 0.500. The number of rotatable bonds is 5. The lowest BCUT2D eigenvalue weighted by atomic mass is 9.96. The summed E-state index contributed by atoms with van der Waals surface area (Å²) in [6, 6.07) is 1.87. The summed E-state index contributed by atoms with van der Waals surface area (Å²) in [7, 11) is 0. The fourth-order valence-corrected chi connectivity index (χ4v) is 3.56. The average Bonchev–Trinajstić information content (AvgIpc) is 3.09. The largest absolute Gasteiger partial charge is 0.426 e. The van der Waals surface area contributed by atoms with Gasteiger partial charge in [0.25, 0.3) is 5.92 Å². The van der Waals surface area contributed by atoms with Crippen LogP contribution in [0.4, 0.5) is 30.7 Å². The van der Waals surface area contributed by atoms with Gasteiger partial charge >= 0.3 is 6.18 Å². The van der Waals surface area contributed by atoms with Gasteiger partial charge in [-0.2, -0.15) is 13.2 Å². The SMILES string of the molecule is CC(C)=CCc1ccc(C(F)(F)C2C(C=C(Cl)C(F)(F)F)C2(C)C)c(F)c1F. The molecule has 1 aromatic rings. The van der Waals surface area contributed by atoms with Gasteiger partial charge in [-0.05, 0) is 43.2 Å². The number of hydrogen-bond acceptors (Lipinski definition) is 0. The summed E-state index contributed by atoms with van der Waals surface area (Å²) in [4.78, 5) is 0. The van der Waals surface area contributed by atoms with Gasteiger partial charge in [0.15, 0.2) is 11.6 Å². The maximum Gasteiger partial charge on any atom is 0.426 e. The molecule has 1 aliphatic rings. The minimum absolute atomic E-state index is 0.0401. The fourth-order valence-electron chi connectivity index (χ4n) is 3.42. The number of alkyl halides is 5. The molecule has 0 aromatic heterocycles. The van der Waals surface area contributed by atoms with Crippen LogP contribution >= 0.6 is 11.6 Å². The molecule has 2 atom stereocenters. The molecule has 2 unspecified atom stereocenters. The van der Waals surface area contributed by atoms with Crippen LogP contribution in [0, 0.1) is 28.9 Å². The zero-order valence-corrected chi connectivity index (χ0v) is 16.5. The molecule has 28 heavy (non-hydrogen) atoms. The zero-order valence-electron chi connectivity index (χ0n) is 15.7. The molecule has 0 bridgehead atoms. The van der Waals surface area contributed by atoms with E-state index in [-0.39, 0.29) is 12.0 Å². The number of allylic oxidation sites excluding steroid dienone is 4. The molecule has 0 N–H and O–H groups in total. The molecule has 1 aliphatic carbocycles. The summed E-state index contributed by atoms with van der Waals surface area (Å²) in [5.74, 6) is -9.81. The van der Waals surface area contributed by atoms with Crippen LogP contribution in [0.1, 0.15) is 38.8 Å². The van der Waals surface area contributed by atoms with Gasteiger partial charge in [0.05, 0.1) is 5.56 Å². The maximum atomic E-state index is 14.9. The Hall–Kier alpha value is -1.50. The van der Waals surface area contributed by atoms with Gasteiger partial charge in [0, 0.05) is 5.92 Å². The van der Waals surface area contributed by atoms with Gasteiger partial charge in [0.1, 0.15) is 5.03 Å². The zero-order chi connectivity index (χ0) is 21.7. The van der Waals surface area contributed by atoms with Crippen molar-refractivity contribution in [3.63, 3.8) is 0 Å². The molecule has 0 radical (unpaired) electrons. The summed E-state index contributed by atoms with van der Waals surface area (Å²) in [6.45, 7) is 6.19. The van der Waals surface area contributed by atoms with Crippen molar-refractivity contribution < 1.29 is 30.7 Å². The Morgan fingerprint density at radius 3 is 2.14 bits per heavy atom. The van der Waals surface area contributed by atoms with Crippen molar-refractivity contribution in [3.05, 3.63) is 57.7 Å². The van der Waals surface area contributed by atoms with E-state index in [9.17, 15) is 30.7 Å². The van der Waals surface area contributed by atoms with Gasteiger partial charge < -0.3 is 0 Å². The standard InChI is InChI=1S/C20H20ClF7/c1-10(2)5-6-11-7-8-12(16(23)15(11)22)19(24,25)17-13(18(17,3)4)9-14(21)20(26,27)28/h5,7-9,13,17H,6H2,1-4H3. The summed E-state index contributed by atoms with van der Waals surface area (Å²) in [6.07, 6.45) is -2.67. The quantitative estimate of drug-likeness (QED) is 0.336. The lowest BCUT2D eigenvalue weighted by molar-refractivity contribution is -0.0851. The molecule has 156 valence electrons. The molecular formula is C20H20ClF7.